The van der Waals surface area contributed by atoms with E-state index in [0.717, 1.165) is 0 Å². The maximum absolute atomic E-state index is 2.31. The lowest BCUT2D eigenvalue weighted by atomic mass is 9.68. The summed E-state index contributed by atoms with van der Waals surface area (Å²) in [5.74, 6) is 0. The molecule has 0 saturated carbocycles. The highest BCUT2D eigenvalue weighted by Gasteiger charge is 2.45. The van der Waals surface area contributed by atoms with Crippen molar-refractivity contribution in [2.24, 2.45) is 5.41 Å². The molecule has 0 bridgehead atoms. The van der Waals surface area contributed by atoms with Gasteiger partial charge in [0.15, 0.2) is 0 Å². The second-order valence-electron chi connectivity index (χ2n) is 5.09. The van der Waals surface area contributed by atoms with Crippen LogP contribution in [0.4, 0.5) is 0 Å². The molecule has 0 N–H and O–H groups in total. The van der Waals surface area contributed by atoms with Gasteiger partial charge in [-0.25, -0.2) is 5.01 Å². The van der Waals surface area contributed by atoms with Crippen molar-refractivity contribution in [1.29, 1.82) is 0 Å². The zero-order valence-corrected chi connectivity index (χ0v) is 9.97. The summed E-state index contributed by atoms with van der Waals surface area (Å²) in [6.07, 6.45) is 2.21. The van der Waals surface area contributed by atoms with E-state index in [1.54, 1.807) is 0 Å². The fraction of sp³-hybridized carbons (Fsp3) is 0.818. The highest BCUT2D eigenvalue weighted by molar-refractivity contribution is 5.19. The van der Waals surface area contributed by atoms with Crippen molar-refractivity contribution in [2.45, 2.75) is 40.2 Å². The molecule has 13 heavy (non-hydrogen) atoms. The van der Waals surface area contributed by atoms with E-state index in [4.69, 9.17) is 0 Å². The third kappa shape index (κ3) is 1.28. The van der Waals surface area contributed by atoms with Gasteiger partial charge >= 0.3 is 0 Å². The van der Waals surface area contributed by atoms with Gasteiger partial charge in [-0.05, 0) is 26.3 Å². The van der Waals surface area contributed by atoms with Gasteiger partial charge in [-0.2, -0.15) is 0 Å². The predicted octanol–water partition coefficient (Wildman–Crippen LogP) is 2.49. The second kappa shape index (κ2) is 2.74. The average Bonchev–Trinajstić information content (AvgIpc) is 2.00. The van der Waals surface area contributed by atoms with Gasteiger partial charge in [-0.15, -0.1) is 0 Å². The van der Waals surface area contributed by atoms with Crippen LogP contribution in [0.15, 0.2) is 11.8 Å². The molecule has 0 radical (unpaired) electrons. The van der Waals surface area contributed by atoms with Crippen molar-refractivity contribution < 1.29 is 0 Å². The number of hydrogen-bond donors (Lipinski definition) is 0. The average molecular weight is 182 g/mol. The zero-order valence-electron chi connectivity index (χ0n) is 9.97. The van der Waals surface area contributed by atoms with Gasteiger partial charge in [-0.3, -0.25) is 0 Å². The lowest BCUT2D eigenvalue weighted by Gasteiger charge is -2.55. The van der Waals surface area contributed by atoms with Gasteiger partial charge in [0.05, 0.1) is 0 Å². The Morgan fingerprint density at radius 2 is 1.54 bits per heavy atom. The fourth-order valence-corrected chi connectivity index (χ4v) is 1.81. The normalized spacial score (nSPS) is 27.3. The van der Waals surface area contributed by atoms with E-state index in [1.807, 2.05) is 0 Å². The largest absolute Gasteiger partial charge is 0.316 e. The minimum absolute atomic E-state index is 0.167. The van der Waals surface area contributed by atoms with Gasteiger partial charge in [0.2, 0.25) is 0 Å². The molecule has 0 aliphatic carbocycles. The minimum Gasteiger partial charge on any atom is -0.316 e. The van der Waals surface area contributed by atoms with Crippen LogP contribution in [0.2, 0.25) is 0 Å². The van der Waals surface area contributed by atoms with Crippen LogP contribution in [0.3, 0.4) is 0 Å². The van der Waals surface area contributed by atoms with E-state index in [9.17, 15) is 0 Å². The lowest BCUT2D eigenvalue weighted by Crippen LogP contribution is -2.60. The zero-order chi connectivity index (χ0) is 10.4. The Morgan fingerprint density at radius 3 is 2.00 bits per heavy atom. The molecule has 76 valence electrons. The summed E-state index contributed by atoms with van der Waals surface area (Å²) >= 11 is 0. The van der Waals surface area contributed by atoms with Crippen LogP contribution < -0.4 is 0 Å². The van der Waals surface area contributed by atoms with Crippen molar-refractivity contribution in [3.05, 3.63) is 11.8 Å². The summed E-state index contributed by atoms with van der Waals surface area (Å²) in [5.41, 5.74) is 1.84. The standard InChI is InChI=1S/C11H22N2/c1-9-8-12(6)13(7)11(4,5)10(9,2)3/h8H,1-7H3. The fourth-order valence-electron chi connectivity index (χ4n) is 1.81. The lowest BCUT2D eigenvalue weighted by molar-refractivity contribution is -0.0874. The summed E-state index contributed by atoms with van der Waals surface area (Å²) in [6.45, 7) is 11.4. The molecule has 0 fully saturated rings. The van der Waals surface area contributed by atoms with Crippen molar-refractivity contribution >= 4 is 0 Å². The summed E-state index contributed by atoms with van der Waals surface area (Å²) in [4.78, 5) is 0. The summed E-state index contributed by atoms with van der Waals surface area (Å²) in [5, 5.41) is 4.46. The van der Waals surface area contributed by atoms with E-state index in [0.29, 0.717) is 0 Å². The second-order valence-corrected chi connectivity index (χ2v) is 5.09. The van der Waals surface area contributed by atoms with E-state index < -0.39 is 0 Å². The molecule has 1 aliphatic heterocycles. The van der Waals surface area contributed by atoms with E-state index >= 15 is 0 Å². The maximum Gasteiger partial charge on any atom is 0.0432 e. The predicted molar refractivity (Wildman–Crippen MR) is 57.1 cm³/mol. The highest BCUT2D eigenvalue weighted by Crippen LogP contribution is 2.44. The molecule has 0 aromatic rings. The van der Waals surface area contributed by atoms with Crippen LogP contribution >= 0.6 is 0 Å². The first-order valence-electron chi connectivity index (χ1n) is 4.86. The van der Waals surface area contributed by atoms with Crippen molar-refractivity contribution in [1.82, 2.24) is 10.0 Å². The SMILES string of the molecule is CC1=CN(C)N(C)C(C)(C)C1(C)C. The van der Waals surface area contributed by atoms with Crippen molar-refractivity contribution in [2.75, 3.05) is 14.1 Å². The molecule has 0 spiro atoms. The molecule has 0 unspecified atom stereocenters. The van der Waals surface area contributed by atoms with Crippen molar-refractivity contribution in [3.8, 4) is 0 Å². The monoisotopic (exact) mass is 182 g/mol. The number of nitrogens with zero attached hydrogens (tertiary/aromatic N) is 2. The first-order chi connectivity index (χ1) is 5.71. The molecule has 2 heteroatoms. The minimum atomic E-state index is 0.167. The molecule has 1 aliphatic rings. The van der Waals surface area contributed by atoms with Crippen LogP contribution in [0.25, 0.3) is 0 Å². The first-order valence-corrected chi connectivity index (χ1v) is 4.86. The van der Waals surface area contributed by atoms with Crippen molar-refractivity contribution in [3.63, 3.8) is 0 Å². The highest BCUT2D eigenvalue weighted by atomic mass is 15.6. The Morgan fingerprint density at radius 1 is 1.08 bits per heavy atom. The van der Waals surface area contributed by atoms with E-state index in [-0.39, 0.29) is 11.0 Å². The van der Waals surface area contributed by atoms with Crippen LogP contribution in [0.1, 0.15) is 34.6 Å². The molecular weight excluding hydrogens is 160 g/mol. The van der Waals surface area contributed by atoms with Crippen LogP contribution in [0, 0.1) is 5.41 Å². The Kier molecular flexibility index (Phi) is 2.23. The smallest absolute Gasteiger partial charge is 0.0432 e. The Hall–Kier alpha value is -0.500. The number of rotatable bonds is 0. The molecule has 0 atom stereocenters. The maximum atomic E-state index is 2.31. The topological polar surface area (TPSA) is 6.48 Å². The molecule has 0 aromatic carbocycles. The summed E-state index contributed by atoms with van der Waals surface area (Å²) < 4.78 is 0. The van der Waals surface area contributed by atoms with Gasteiger partial charge in [0.25, 0.3) is 0 Å². The molecular formula is C11H22N2. The molecule has 0 aromatic heterocycles. The van der Waals surface area contributed by atoms with E-state index in [2.05, 4.69) is 64.9 Å². The Labute approximate surface area is 82.2 Å². The molecule has 1 heterocycles. The Balaban J connectivity index is 3.19. The van der Waals surface area contributed by atoms with E-state index in [1.165, 1.54) is 5.57 Å². The van der Waals surface area contributed by atoms with Gasteiger partial charge in [0, 0.05) is 31.2 Å². The van der Waals surface area contributed by atoms with Crippen LogP contribution in [0.5, 0.6) is 0 Å². The quantitative estimate of drug-likeness (QED) is 0.568. The Bertz CT molecular complexity index is 238. The van der Waals surface area contributed by atoms with Gasteiger partial charge < -0.3 is 5.01 Å². The first kappa shape index (κ1) is 10.6. The van der Waals surface area contributed by atoms with Gasteiger partial charge in [0.1, 0.15) is 0 Å². The third-order valence-corrected chi connectivity index (χ3v) is 4.18. The molecule has 2 nitrogen and oxygen atoms in total. The van der Waals surface area contributed by atoms with Crippen LogP contribution in [-0.4, -0.2) is 29.7 Å². The van der Waals surface area contributed by atoms with Gasteiger partial charge in [-0.1, -0.05) is 13.8 Å². The summed E-state index contributed by atoms with van der Waals surface area (Å²) in [7, 11) is 4.24. The third-order valence-electron chi connectivity index (χ3n) is 4.18. The molecule has 0 amide bonds. The number of hydrogen-bond acceptors (Lipinski definition) is 2. The molecule has 0 saturated heterocycles. The molecule has 1 rings (SSSR count). The summed E-state index contributed by atoms with van der Waals surface area (Å²) in [6, 6.07) is 0. The number of hydrazine groups is 1. The van der Waals surface area contributed by atoms with Crippen LogP contribution in [-0.2, 0) is 0 Å².